The largest absolute Gasteiger partial charge is 0.494 e. The second-order valence-corrected chi connectivity index (χ2v) is 7.80. The van der Waals surface area contributed by atoms with Gasteiger partial charge in [0.25, 0.3) is 5.91 Å². The molecule has 0 unspecified atom stereocenters. The Hall–Kier alpha value is -2.51. The second-order valence-electron chi connectivity index (χ2n) is 5.91. The van der Waals surface area contributed by atoms with Gasteiger partial charge in [-0.2, -0.15) is 0 Å². The van der Waals surface area contributed by atoms with E-state index >= 15 is 0 Å². The summed E-state index contributed by atoms with van der Waals surface area (Å²) >= 11 is 3.19. The van der Waals surface area contributed by atoms with E-state index in [1.165, 1.54) is 22.5 Å². The van der Waals surface area contributed by atoms with Crippen molar-refractivity contribution >= 4 is 44.4 Å². The molecular formula is C20H18N2O3S2. The summed E-state index contributed by atoms with van der Waals surface area (Å²) in [4.78, 5) is 20.6. The number of carbonyl (C=O) groups is 1. The van der Waals surface area contributed by atoms with E-state index in [2.05, 4.69) is 6.07 Å². The predicted octanol–water partition coefficient (Wildman–Crippen LogP) is 4.44. The third kappa shape index (κ3) is 3.94. The standard InChI is InChI=1S/C20H18N2O3S2/c1-26-15-7-8-16-18(11-15)27-20(21-16)22(12-14-5-3-2-4-6-14)19(23)17-13-24-9-10-25-17/h2-8,11,13H,9-10,12H2,1H3. The van der Waals surface area contributed by atoms with Crippen LogP contribution in [0.3, 0.4) is 0 Å². The van der Waals surface area contributed by atoms with Crippen LogP contribution in [0.4, 0.5) is 5.13 Å². The topological polar surface area (TPSA) is 51.7 Å². The van der Waals surface area contributed by atoms with E-state index in [0.29, 0.717) is 24.9 Å². The molecule has 5 nitrogen and oxygen atoms in total. The Bertz CT molecular complexity index is 985. The lowest BCUT2D eigenvalue weighted by molar-refractivity contribution is -0.119. The highest BCUT2D eigenvalue weighted by Gasteiger charge is 2.26. The van der Waals surface area contributed by atoms with E-state index in [-0.39, 0.29) is 11.7 Å². The second kappa shape index (κ2) is 8.02. The Labute approximate surface area is 165 Å². The first-order chi connectivity index (χ1) is 13.2. The smallest absolute Gasteiger partial charge is 0.298 e. The number of anilines is 1. The van der Waals surface area contributed by atoms with Crippen LogP contribution in [-0.2, 0) is 20.8 Å². The molecule has 2 heterocycles. The zero-order chi connectivity index (χ0) is 18.6. The summed E-state index contributed by atoms with van der Waals surface area (Å²) < 4.78 is 11.8. The van der Waals surface area contributed by atoms with Gasteiger partial charge >= 0.3 is 0 Å². The normalized spacial score (nSPS) is 13.6. The molecule has 2 aromatic carbocycles. The first-order valence-electron chi connectivity index (χ1n) is 8.49. The number of ether oxygens (including phenoxy) is 2. The third-order valence-corrected chi connectivity index (χ3v) is 5.87. The van der Waals surface area contributed by atoms with Gasteiger partial charge in [0.2, 0.25) is 5.76 Å². The molecular weight excluding hydrogens is 380 g/mol. The lowest BCUT2D eigenvalue weighted by Crippen LogP contribution is -2.33. The van der Waals surface area contributed by atoms with Crippen molar-refractivity contribution in [2.45, 2.75) is 11.4 Å². The van der Waals surface area contributed by atoms with Crippen LogP contribution in [0.5, 0.6) is 0 Å². The summed E-state index contributed by atoms with van der Waals surface area (Å²) in [6.45, 7) is 1.23. The molecule has 1 aliphatic rings. The van der Waals surface area contributed by atoms with Crippen LogP contribution >= 0.6 is 23.1 Å². The first-order valence-corrected chi connectivity index (χ1v) is 10.5. The Morgan fingerprint density at radius 3 is 2.81 bits per heavy atom. The van der Waals surface area contributed by atoms with Crippen LogP contribution in [0.2, 0.25) is 0 Å². The van der Waals surface area contributed by atoms with Crippen LogP contribution in [0.1, 0.15) is 5.56 Å². The number of amides is 1. The minimum absolute atomic E-state index is 0.209. The Morgan fingerprint density at radius 2 is 2.07 bits per heavy atom. The molecule has 0 bridgehead atoms. The summed E-state index contributed by atoms with van der Waals surface area (Å²) in [5, 5.41) is 0.646. The molecule has 1 aromatic heterocycles. The van der Waals surface area contributed by atoms with Crippen molar-refractivity contribution in [2.75, 3.05) is 24.4 Å². The van der Waals surface area contributed by atoms with E-state index in [4.69, 9.17) is 14.5 Å². The quantitative estimate of drug-likeness (QED) is 0.595. The van der Waals surface area contributed by atoms with E-state index in [0.717, 1.165) is 15.8 Å². The van der Waals surface area contributed by atoms with Gasteiger partial charge in [-0.1, -0.05) is 41.7 Å². The molecule has 7 heteroatoms. The van der Waals surface area contributed by atoms with Crippen LogP contribution in [-0.4, -0.2) is 30.4 Å². The van der Waals surface area contributed by atoms with E-state index in [1.807, 2.05) is 48.7 Å². The Morgan fingerprint density at radius 1 is 1.22 bits per heavy atom. The molecule has 27 heavy (non-hydrogen) atoms. The summed E-state index contributed by atoms with van der Waals surface area (Å²) in [5.74, 6) is -0.0380. The molecule has 0 atom stereocenters. The monoisotopic (exact) mass is 398 g/mol. The molecule has 3 aromatic rings. The molecule has 1 aliphatic heterocycles. The predicted molar refractivity (Wildman–Crippen MR) is 109 cm³/mol. The molecule has 4 rings (SSSR count). The first kappa shape index (κ1) is 17.9. The molecule has 0 radical (unpaired) electrons. The van der Waals surface area contributed by atoms with E-state index in [9.17, 15) is 4.79 Å². The highest BCUT2D eigenvalue weighted by atomic mass is 32.2. The highest BCUT2D eigenvalue weighted by Crippen LogP contribution is 2.33. The Kier molecular flexibility index (Phi) is 5.31. The summed E-state index contributed by atoms with van der Waals surface area (Å²) in [6.07, 6.45) is 3.43. The summed E-state index contributed by atoms with van der Waals surface area (Å²) in [6, 6.07) is 16.0. The maximum atomic E-state index is 13.1. The number of aromatic nitrogens is 1. The fourth-order valence-corrected chi connectivity index (χ4v) is 4.26. The van der Waals surface area contributed by atoms with Crippen LogP contribution < -0.4 is 4.90 Å². The molecule has 0 aliphatic carbocycles. The van der Waals surface area contributed by atoms with Gasteiger partial charge in [0.15, 0.2) is 5.13 Å². The number of benzene rings is 2. The van der Waals surface area contributed by atoms with Crippen molar-refractivity contribution in [2.24, 2.45) is 0 Å². The number of nitrogens with zero attached hydrogens (tertiary/aromatic N) is 2. The molecule has 0 spiro atoms. The third-order valence-electron chi connectivity index (χ3n) is 4.10. The van der Waals surface area contributed by atoms with Gasteiger partial charge in [-0.25, -0.2) is 4.98 Å². The van der Waals surface area contributed by atoms with Gasteiger partial charge in [-0.15, -0.1) is 11.8 Å². The van der Waals surface area contributed by atoms with Gasteiger partial charge in [-0.05, 0) is 30.0 Å². The number of thiazole rings is 1. The van der Waals surface area contributed by atoms with Gasteiger partial charge in [0.05, 0.1) is 16.8 Å². The zero-order valence-corrected chi connectivity index (χ0v) is 16.4. The van der Waals surface area contributed by atoms with Crippen molar-refractivity contribution in [3.8, 4) is 0 Å². The summed E-state index contributed by atoms with van der Waals surface area (Å²) in [7, 11) is 0. The van der Waals surface area contributed by atoms with Crippen molar-refractivity contribution in [3.63, 3.8) is 0 Å². The van der Waals surface area contributed by atoms with Crippen molar-refractivity contribution in [1.29, 1.82) is 0 Å². The number of hydrogen-bond acceptors (Lipinski definition) is 6. The van der Waals surface area contributed by atoms with Crippen LogP contribution in [0, 0.1) is 0 Å². The van der Waals surface area contributed by atoms with Crippen molar-refractivity contribution < 1.29 is 14.3 Å². The lowest BCUT2D eigenvalue weighted by atomic mass is 10.2. The van der Waals surface area contributed by atoms with Gasteiger partial charge in [-0.3, -0.25) is 9.69 Å². The van der Waals surface area contributed by atoms with Gasteiger partial charge in [0, 0.05) is 4.90 Å². The van der Waals surface area contributed by atoms with E-state index < -0.39 is 0 Å². The molecule has 0 N–H and O–H groups in total. The SMILES string of the molecule is CSc1ccc2nc(N(Cc3ccccc3)C(=O)C3=COCCO3)sc2c1. The summed E-state index contributed by atoms with van der Waals surface area (Å²) in [5.41, 5.74) is 1.90. The zero-order valence-electron chi connectivity index (χ0n) is 14.8. The maximum absolute atomic E-state index is 13.1. The van der Waals surface area contributed by atoms with Crippen LogP contribution in [0.25, 0.3) is 10.2 Å². The number of fused-ring (bicyclic) bond motifs is 1. The minimum atomic E-state index is -0.248. The fourth-order valence-electron chi connectivity index (χ4n) is 2.74. The minimum Gasteiger partial charge on any atom is -0.494 e. The van der Waals surface area contributed by atoms with Gasteiger partial charge in [0.1, 0.15) is 19.5 Å². The fraction of sp³-hybridized carbons (Fsp3) is 0.200. The van der Waals surface area contributed by atoms with Crippen molar-refractivity contribution in [1.82, 2.24) is 4.98 Å². The van der Waals surface area contributed by atoms with Gasteiger partial charge < -0.3 is 9.47 Å². The highest BCUT2D eigenvalue weighted by molar-refractivity contribution is 7.98. The maximum Gasteiger partial charge on any atom is 0.298 e. The molecule has 0 saturated heterocycles. The number of thioether (sulfide) groups is 1. The van der Waals surface area contributed by atoms with E-state index in [1.54, 1.807) is 16.7 Å². The molecule has 0 saturated carbocycles. The molecule has 138 valence electrons. The van der Waals surface area contributed by atoms with Crippen molar-refractivity contribution in [3.05, 3.63) is 66.1 Å². The molecule has 1 amide bonds. The van der Waals surface area contributed by atoms with Crippen LogP contribution in [0.15, 0.2) is 65.4 Å². The average molecular weight is 399 g/mol. The Balaban J connectivity index is 1.72. The lowest BCUT2D eigenvalue weighted by Gasteiger charge is -2.23. The average Bonchev–Trinajstić information content (AvgIpc) is 3.15. The number of hydrogen-bond donors (Lipinski definition) is 0. The molecule has 0 fully saturated rings. The number of rotatable bonds is 5. The number of carbonyl (C=O) groups excluding carboxylic acids is 1.